The predicted molar refractivity (Wildman–Crippen MR) is 58.7 cm³/mol. The average Bonchev–Trinajstić information content (AvgIpc) is 2.67. The van der Waals surface area contributed by atoms with Gasteiger partial charge in [-0.1, -0.05) is 23.4 Å². The molecule has 0 aliphatic heterocycles. The number of benzene rings is 1. The van der Waals surface area contributed by atoms with Gasteiger partial charge in [0.25, 0.3) is 0 Å². The van der Waals surface area contributed by atoms with Crippen molar-refractivity contribution in [3.63, 3.8) is 0 Å². The van der Waals surface area contributed by atoms with Gasteiger partial charge in [-0.05, 0) is 30.5 Å². The number of aromatic nitrogens is 1. The molecule has 2 nitrogen and oxygen atoms in total. The van der Waals surface area contributed by atoms with Gasteiger partial charge in [-0.2, -0.15) is 0 Å². The average molecular weight is 226 g/mol. The minimum absolute atomic E-state index is 0.631. The predicted octanol–water partition coefficient (Wildman–Crippen LogP) is 3.72. The number of hydrogen-bond donors (Lipinski definition) is 0. The maximum absolute atomic E-state index is 5.78. The van der Waals surface area contributed by atoms with Crippen molar-refractivity contribution in [2.45, 2.75) is 5.09 Å². The van der Waals surface area contributed by atoms with Crippen LogP contribution in [-0.4, -0.2) is 11.2 Å². The number of hydrogen-bond acceptors (Lipinski definition) is 3. The van der Waals surface area contributed by atoms with Gasteiger partial charge in [0.05, 0.1) is 6.20 Å². The van der Waals surface area contributed by atoms with E-state index in [9.17, 15) is 0 Å². The van der Waals surface area contributed by atoms with Gasteiger partial charge in [0, 0.05) is 10.6 Å². The quantitative estimate of drug-likeness (QED) is 0.729. The lowest BCUT2D eigenvalue weighted by molar-refractivity contribution is 0.485. The second kappa shape index (κ2) is 4.07. The molecule has 0 saturated carbocycles. The second-order valence-electron chi connectivity index (χ2n) is 2.70. The molecule has 0 fully saturated rings. The molecule has 14 heavy (non-hydrogen) atoms. The highest BCUT2D eigenvalue weighted by molar-refractivity contribution is 7.98. The highest BCUT2D eigenvalue weighted by Gasteiger charge is 2.04. The molecule has 4 heteroatoms. The van der Waals surface area contributed by atoms with E-state index in [1.807, 2.05) is 30.5 Å². The molecule has 0 N–H and O–H groups in total. The molecule has 1 aromatic heterocycles. The van der Waals surface area contributed by atoms with Gasteiger partial charge >= 0.3 is 0 Å². The van der Waals surface area contributed by atoms with Crippen molar-refractivity contribution in [1.29, 1.82) is 0 Å². The highest BCUT2D eigenvalue weighted by atomic mass is 35.5. The van der Waals surface area contributed by atoms with Crippen LogP contribution in [0.15, 0.2) is 40.0 Å². The van der Waals surface area contributed by atoms with E-state index in [0.29, 0.717) is 10.9 Å². The van der Waals surface area contributed by atoms with Gasteiger partial charge in [-0.15, -0.1) is 0 Å². The Morgan fingerprint density at radius 2 is 2.00 bits per heavy atom. The molecular weight excluding hydrogens is 218 g/mol. The summed E-state index contributed by atoms with van der Waals surface area (Å²) >= 11 is 7.31. The molecule has 0 saturated heterocycles. The summed E-state index contributed by atoms with van der Waals surface area (Å²) in [6.07, 6.45) is 3.67. The van der Waals surface area contributed by atoms with E-state index < -0.39 is 0 Å². The van der Waals surface area contributed by atoms with E-state index in [4.69, 9.17) is 16.0 Å². The Morgan fingerprint density at radius 1 is 1.29 bits per heavy atom. The van der Waals surface area contributed by atoms with Crippen LogP contribution >= 0.6 is 23.4 Å². The van der Waals surface area contributed by atoms with E-state index in [-0.39, 0.29) is 0 Å². The zero-order chi connectivity index (χ0) is 9.97. The van der Waals surface area contributed by atoms with E-state index >= 15 is 0 Å². The molecule has 0 spiro atoms. The SMILES string of the molecule is CSc1cnc(-c2ccc(Cl)cc2)o1. The molecule has 2 aromatic rings. The fourth-order valence-electron chi connectivity index (χ4n) is 1.08. The fraction of sp³-hybridized carbons (Fsp3) is 0.100. The van der Waals surface area contributed by atoms with Crippen LogP contribution in [0.5, 0.6) is 0 Å². The summed E-state index contributed by atoms with van der Waals surface area (Å²) < 4.78 is 5.47. The van der Waals surface area contributed by atoms with Crippen LogP contribution in [0.25, 0.3) is 11.5 Å². The van der Waals surface area contributed by atoms with Crippen LogP contribution in [0.4, 0.5) is 0 Å². The van der Waals surface area contributed by atoms with Crippen molar-refractivity contribution in [3.8, 4) is 11.5 Å². The van der Waals surface area contributed by atoms with Crippen molar-refractivity contribution < 1.29 is 4.42 Å². The first-order valence-corrected chi connectivity index (χ1v) is 5.65. The van der Waals surface area contributed by atoms with Gasteiger partial charge in [0.1, 0.15) is 0 Å². The van der Waals surface area contributed by atoms with Crippen LogP contribution in [0.1, 0.15) is 0 Å². The minimum Gasteiger partial charge on any atom is -0.430 e. The summed E-state index contributed by atoms with van der Waals surface area (Å²) in [5.41, 5.74) is 0.940. The van der Waals surface area contributed by atoms with Crippen molar-refractivity contribution in [2.24, 2.45) is 0 Å². The Bertz CT molecular complexity index is 424. The van der Waals surface area contributed by atoms with Crippen molar-refractivity contribution in [3.05, 3.63) is 35.5 Å². The molecule has 0 atom stereocenters. The van der Waals surface area contributed by atoms with Crippen LogP contribution in [0, 0.1) is 0 Å². The third-order valence-corrected chi connectivity index (χ3v) is 2.62. The third-order valence-electron chi connectivity index (χ3n) is 1.78. The number of rotatable bonds is 2. The Labute approximate surface area is 91.3 Å². The van der Waals surface area contributed by atoms with Gasteiger partial charge in [-0.25, -0.2) is 4.98 Å². The number of halogens is 1. The molecular formula is C10H8ClNOS. The molecule has 72 valence electrons. The Kier molecular flexibility index (Phi) is 2.79. The first kappa shape index (κ1) is 9.62. The normalized spacial score (nSPS) is 10.4. The number of oxazole rings is 1. The lowest BCUT2D eigenvalue weighted by atomic mass is 10.2. The van der Waals surface area contributed by atoms with Crippen LogP contribution in [0.2, 0.25) is 5.02 Å². The van der Waals surface area contributed by atoms with Crippen molar-refractivity contribution in [2.75, 3.05) is 6.26 Å². The van der Waals surface area contributed by atoms with E-state index in [1.165, 1.54) is 11.8 Å². The summed E-state index contributed by atoms with van der Waals surface area (Å²) in [6, 6.07) is 7.41. The fourth-order valence-corrected chi connectivity index (χ4v) is 1.53. The summed E-state index contributed by atoms with van der Waals surface area (Å²) in [5.74, 6) is 0.631. The minimum atomic E-state index is 0.631. The van der Waals surface area contributed by atoms with E-state index in [1.54, 1.807) is 6.20 Å². The zero-order valence-corrected chi connectivity index (χ0v) is 9.10. The largest absolute Gasteiger partial charge is 0.430 e. The topological polar surface area (TPSA) is 26.0 Å². The molecule has 1 aromatic carbocycles. The molecule has 0 aliphatic rings. The molecule has 0 radical (unpaired) electrons. The second-order valence-corrected chi connectivity index (χ2v) is 3.94. The monoisotopic (exact) mass is 225 g/mol. The summed E-state index contributed by atoms with van der Waals surface area (Å²) in [5, 5.41) is 1.53. The van der Waals surface area contributed by atoms with Crippen molar-refractivity contribution in [1.82, 2.24) is 4.98 Å². The lowest BCUT2D eigenvalue weighted by Crippen LogP contribution is -1.74. The third kappa shape index (κ3) is 1.94. The molecule has 0 unspecified atom stereocenters. The van der Waals surface area contributed by atoms with Gasteiger partial charge in [-0.3, -0.25) is 0 Å². The van der Waals surface area contributed by atoms with Crippen molar-refractivity contribution >= 4 is 23.4 Å². The Morgan fingerprint density at radius 3 is 2.57 bits per heavy atom. The molecule has 2 rings (SSSR count). The standard InChI is InChI=1S/C10H8ClNOS/c1-14-9-6-12-10(13-9)7-2-4-8(11)5-3-7/h2-6H,1H3. The Balaban J connectivity index is 2.34. The van der Waals surface area contributed by atoms with E-state index in [2.05, 4.69) is 4.98 Å². The van der Waals surface area contributed by atoms with E-state index in [0.717, 1.165) is 10.7 Å². The van der Waals surface area contributed by atoms with Crippen LogP contribution in [-0.2, 0) is 0 Å². The first-order chi connectivity index (χ1) is 6.79. The molecule has 1 heterocycles. The summed E-state index contributed by atoms with van der Waals surface area (Å²) in [4.78, 5) is 4.16. The van der Waals surface area contributed by atoms with Crippen LogP contribution < -0.4 is 0 Å². The Hall–Kier alpha value is -0.930. The highest BCUT2D eigenvalue weighted by Crippen LogP contribution is 2.24. The summed E-state index contributed by atoms with van der Waals surface area (Å²) in [6.45, 7) is 0. The zero-order valence-electron chi connectivity index (χ0n) is 7.53. The van der Waals surface area contributed by atoms with Gasteiger partial charge < -0.3 is 4.42 Å². The maximum atomic E-state index is 5.78. The molecule has 0 amide bonds. The molecule has 0 bridgehead atoms. The van der Waals surface area contributed by atoms with Crippen LogP contribution in [0.3, 0.4) is 0 Å². The smallest absolute Gasteiger partial charge is 0.227 e. The number of thioether (sulfide) groups is 1. The van der Waals surface area contributed by atoms with Gasteiger partial charge in [0.15, 0.2) is 5.09 Å². The number of nitrogens with zero attached hydrogens (tertiary/aromatic N) is 1. The van der Waals surface area contributed by atoms with Gasteiger partial charge in [0.2, 0.25) is 5.89 Å². The lowest BCUT2D eigenvalue weighted by Gasteiger charge is -1.94. The summed E-state index contributed by atoms with van der Waals surface area (Å²) in [7, 11) is 0. The first-order valence-electron chi connectivity index (χ1n) is 4.05. The molecule has 0 aliphatic carbocycles. The maximum Gasteiger partial charge on any atom is 0.227 e.